The molecule has 1 amide bonds. The molecule has 0 unspecified atom stereocenters. The van der Waals surface area contributed by atoms with E-state index >= 15 is 0 Å². The number of methoxy groups -OCH3 is 1. The van der Waals surface area contributed by atoms with Crippen molar-refractivity contribution in [3.05, 3.63) is 70.5 Å². The quantitative estimate of drug-likeness (QED) is 0.232. The van der Waals surface area contributed by atoms with Crippen LogP contribution in [0.3, 0.4) is 0 Å². The van der Waals surface area contributed by atoms with Gasteiger partial charge in [-0.2, -0.15) is 5.26 Å². The predicted octanol–water partition coefficient (Wildman–Crippen LogP) is 3.28. The van der Waals surface area contributed by atoms with Crippen molar-refractivity contribution in [3.63, 3.8) is 0 Å². The maximum atomic E-state index is 12.3. The van der Waals surface area contributed by atoms with Crippen LogP contribution in [-0.2, 0) is 4.79 Å². The first-order chi connectivity index (χ1) is 13.5. The number of pyridine rings is 1. The van der Waals surface area contributed by atoms with Gasteiger partial charge >= 0.3 is 5.97 Å². The zero-order chi connectivity index (χ0) is 20.5. The third kappa shape index (κ3) is 5.53. The molecular formula is C20H16BrN3O4. The van der Waals surface area contributed by atoms with Gasteiger partial charge in [0, 0.05) is 23.4 Å². The van der Waals surface area contributed by atoms with Gasteiger partial charge < -0.3 is 14.8 Å². The van der Waals surface area contributed by atoms with E-state index in [9.17, 15) is 14.9 Å². The number of rotatable bonds is 7. The van der Waals surface area contributed by atoms with E-state index in [-0.39, 0.29) is 29.2 Å². The van der Waals surface area contributed by atoms with Crippen molar-refractivity contribution in [2.75, 3.05) is 13.7 Å². The fourth-order valence-corrected chi connectivity index (χ4v) is 2.48. The number of benzene rings is 1. The minimum atomic E-state index is -0.600. The predicted molar refractivity (Wildman–Crippen MR) is 107 cm³/mol. The lowest BCUT2D eigenvalue weighted by molar-refractivity contribution is -0.116. The van der Waals surface area contributed by atoms with Gasteiger partial charge in [-0.1, -0.05) is 12.1 Å². The van der Waals surface area contributed by atoms with Crippen molar-refractivity contribution in [2.24, 2.45) is 0 Å². The first-order valence-electron chi connectivity index (χ1n) is 8.00. The second-order valence-corrected chi connectivity index (χ2v) is 6.28. The summed E-state index contributed by atoms with van der Waals surface area (Å²) in [7, 11) is 1.42. The van der Waals surface area contributed by atoms with Crippen LogP contribution in [0.25, 0.3) is 6.08 Å². The molecule has 28 heavy (non-hydrogen) atoms. The number of hydrogen-bond acceptors (Lipinski definition) is 6. The summed E-state index contributed by atoms with van der Waals surface area (Å²) in [6.45, 7) is 3.75. The molecule has 7 nitrogen and oxygen atoms in total. The third-order valence-corrected chi connectivity index (χ3v) is 3.85. The lowest BCUT2D eigenvalue weighted by Crippen LogP contribution is -2.24. The number of carbonyl (C=O) groups is 2. The summed E-state index contributed by atoms with van der Waals surface area (Å²) in [5.74, 6) is -0.649. The molecule has 0 bridgehead atoms. The molecule has 1 heterocycles. The zero-order valence-corrected chi connectivity index (χ0v) is 16.5. The summed E-state index contributed by atoms with van der Waals surface area (Å²) in [5.41, 5.74) is 0.728. The maximum Gasteiger partial charge on any atom is 0.345 e. The highest BCUT2D eigenvalue weighted by Crippen LogP contribution is 2.30. The highest BCUT2D eigenvalue weighted by molar-refractivity contribution is 9.10. The fourth-order valence-electron chi connectivity index (χ4n) is 2.12. The topological polar surface area (TPSA) is 101 Å². The largest absolute Gasteiger partial charge is 0.493 e. The Morgan fingerprint density at radius 2 is 2.11 bits per heavy atom. The van der Waals surface area contributed by atoms with Gasteiger partial charge in [-0.25, -0.2) is 4.79 Å². The smallest absolute Gasteiger partial charge is 0.345 e. The Bertz CT molecular complexity index is 980. The molecule has 0 fully saturated rings. The summed E-state index contributed by atoms with van der Waals surface area (Å²) in [6.07, 6.45) is 5.86. The van der Waals surface area contributed by atoms with Crippen molar-refractivity contribution in [3.8, 4) is 17.6 Å². The molecule has 2 rings (SSSR count). The SMILES string of the molecule is C=CCNC(=O)/C(C#N)=C/c1ccc(OC(=O)c2cncc(Br)c2)c(OC)c1. The van der Waals surface area contributed by atoms with Gasteiger partial charge in [0.1, 0.15) is 11.6 Å². The van der Waals surface area contributed by atoms with E-state index in [4.69, 9.17) is 9.47 Å². The monoisotopic (exact) mass is 441 g/mol. The van der Waals surface area contributed by atoms with E-state index in [0.717, 1.165) is 0 Å². The van der Waals surface area contributed by atoms with Crippen LogP contribution < -0.4 is 14.8 Å². The van der Waals surface area contributed by atoms with Gasteiger partial charge in [0.15, 0.2) is 11.5 Å². The Morgan fingerprint density at radius 1 is 1.32 bits per heavy atom. The number of hydrogen-bond donors (Lipinski definition) is 1. The van der Waals surface area contributed by atoms with Gasteiger partial charge in [0.05, 0.1) is 12.7 Å². The molecule has 1 aromatic carbocycles. The Kier molecular flexibility index (Phi) is 7.48. The molecule has 1 aromatic heterocycles. The van der Waals surface area contributed by atoms with Crippen LogP contribution in [0, 0.1) is 11.3 Å². The van der Waals surface area contributed by atoms with Gasteiger partial charge in [-0.05, 0) is 45.8 Å². The number of carbonyl (C=O) groups excluding carboxylic acids is 2. The van der Waals surface area contributed by atoms with Crippen LogP contribution in [0.1, 0.15) is 15.9 Å². The van der Waals surface area contributed by atoms with E-state index in [0.29, 0.717) is 10.0 Å². The summed E-state index contributed by atoms with van der Waals surface area (Å²) in [6, 6.07) is 8.10. The summed E-state index contributed by atoms with van der Waals surface area (Å²) in [5, 5.41) is 11.7. The molecule has 142 valence electrons. The minimum Gasteiger partial charge on any atom is -0.493 e. The van der Waals surface area contributed by atoms with Gasteiger partial charge in [-0.15, -0.1) is 6.58 Å². The minimum absolute atomic E-state index is 0.0751. The molecule has 2 aromatic rings. The number of nitrogens with one attached hydrogen (secondary N) is 1. The second-order valence-electron chi connectivity index (χ2n) is 5.36. The molecule has 0 spiro atoms. The van der Waals surface area contributed by atoms with E-state index in [1.54, 1.807) is 24.4 Å². The van der Waals surface area contributed by atoms with E-state index in [1.807, 2.05) is 6.07 Å². The van der Waals surface area contributed by atoms with Crippen molar-refractivity contribution in [2.45, 2.75) is 0 Å². The van der Waals surface area contributed by atoms with Crippen molar-refractivity contribution in [1.29, 1.82) is 5.26 Å². The number of halogens is 1. The Labute approximate surface area is 170 Å². The summed E-state index contributed by atoms with van der Waals surface area (Å²) in [4.78, 5) is 28.1. The number of nitriles is 1. The highest BCUT2D eigenvalue weighted by Gasteiger charge is 2.14. The van der Waals surface area contributed by atoms with Crippen molar-refractivity contribution >= 4 is 33.9 Å². The summed E-state index contributed by atoms with van der Waals surface area (Å²) >= 11 is 3.24. The second kappa shape index (κ2) is 10.0. The Morgan fingerprint density at radius 3 is 2.75 bits per heavy atom. The molecular weight excluding hydrogens is 426 g/mol. The number of esters is 1. The zero-order valence-electron chi connectivity index (χ0n) is 14.9. The number of aromatic nitrogens is 1. The molecule has 0 atom stereocenters. The van der Waals surface area contributed by atoms with E-state index in [1.165, 1.54) is 31.5 Å². The number of amides is 1. The highest BCUT2D eigenvalue weighted by atomic mass is 79.9. The van der Waals surface area contributed by atoms with Gasteiger partial charge in [-0.3, -0.25) is 9.78 Å². The molecule has 0 saturated carbocycles. The number of nitrogens with zero attached hydrogens (tertiary/aromatic N) is 2. The van der Waals surface area contributed by atoms with Gasteiger partial charge in [0.2, 0.25) is 0 Å². The third-order valence-electron chi connectivity index (χ3n) is 3.41. The Balaban J connectivity index is 2.25. The first kappa shape index (κ1) is 20.9. The lowest BCUT2D eigenvalue weighted by atomic mass is 10.1. The number of ether oxygens (including phenoxy) is 2. The van der Waals surface area contributed by atoms with Crippen molar-refractivity contribution < 1.29 is 19.1 Å². The van der Waals surface area contributed by atoms with E-state index in [2.05, 4.69) is 32.8 Å². The first-order valence-corrected chi connectivity index (χ1v) is 8.79. The Hall–Kier alpha value is -3.44. The lowest BCUT2D eigenvalue weighted by Gasteiger charge is -2.10. The average molecular weight is 442 g/mol. The van der Waals surface area contributed by atoms with E-state index < -0.39 is 11.9 Å². The fraction of sp³-hybridized carbons (Fsp3) is 0.100. The molecule has 0 aliphatic heterocycles. The van der Waals surface area contributed by atoms with Crippen LogP contribution in [0.2, 0.25) is 0 Å². The van der Waals surface area contributed by atoms with Crippen molar-refractivity contribution in [1.82, 2.24) is 10.3 Å². The molecule has 0 aliphatic carbocycles. The maximum absolute atomic E-state index is 12.3. The molecule has 0 saturated heterocycles. The van der Waals surface area contributed by atoms with Crippen LogP contribution >= 0.6 is 15.9 Å². The van der Waals surface area contributed by atoms with Crippen LogP contribution in [-0.4, -0.2) is 30.5 Å². The molecule has 0 aliphatic rings. The van der Waals surface area contributed by atoms with Crippen LogP contribution in [0.4, 0.5) is 0 Å². The normalized spacial score (nSPS) is 10.5. The molecule has 1 N–H and O–H groups in total. The molecule has 0 radical (unpaired) electrons. The standard InChI is InChI=1S/C20H16BrN3O4/c1-3-6-24-19(25)14(10-22)7-13-4-5-17(18(8-13)27-2)28-20(26)15-9-16(21)12-23-11-15/h3-5,7-9,11-12H,1,6H2,2H3,(H,24,25)/b14-7+. The summed E-state index contributed by atoms with van der Waals surface area (Å²) < 4.78 is 11.3. The van der Waals surface area contributed by atoms with Crippen LogP contribution in [0.5, 0.6) is 11.5 Å². The molecule has 8 heteroatoms. The van der Waals surface area contributed by atoms with Gasteiger partial charge in [0.25, 0.3) is 5.91 Å². The average Bonchev–Trinajstić information content (AvgIpc) is 2.70. The van der Waals surface area contributed by atoms with Crippen LogP contribution in [0.15, 0.2) is 59.4 Å².